The summed E-state index contributed by atoms with van der Waals surface area (Å²) in [6.45, 7) is 0. The largest absolute Gasteiger partial charge is 0.467 e. The molecule has 1 fully saturated rings. The minimum absolute atomic E-state index is 0.100. The van der Waals surface area contributed by atoms with Gasteiger partial charge < -0.3 is 10.1 Å². The van der Waals surface area contributed by atoms with Crippen molar-refractivity contribution in [2.75, 3.05) is 18.6 Å². The number of thioether (sulfide) groups is 1. The van der Waals surface area contributed by atoms with Gasteiger partial charge in [-0.05, 0) is 0 Å². The number of hydrogen-bond donors (Lipinski definition) is 1. The fourth-order valence-corrected chi connectivity index (χ4v) is 1.66. The van der Waals surface area contributed by atoms with E-state index in [-0.39, 0.29) is 11.9 Å². The molecule has 0 aromatic rings. The quantitative estimate of drug-likeness (QED) is 0.540. The van der Waals surface area contributed by atoms with Crippen LogP contribution < -0.4 is 5.32 Å². The van der Waals surface area contributed by atoms with Gasteiger partial charge in [-0.2, -0.15) is 0 Å². The van der Waals surface area contributed by atoms with Gasteiger partial charge in [-0.25, -0.2) is 4.79 Å². The van der Waals surface area contributed by atoms with E-state index in [2.05, 4.69) is 10.1 Å². The second kappa shape index (κ2) is 3.61. The third-order valence-corrected chi connectivity index (χ3v) is 2.37. The normalized spacial score (nSPS) is 24.1. The maximum absolute atomic E-state index is 10.9. The molecule has 1 saturated heterocycles. The van der Waals surface area contributed by atoms with Crippen LogP contribution in [0, 0.1) is 0 Å². The Bertz CT molecular complexity index is 183. The molecular formula is C6H9NO3S. The SMILES string of the molecule is COC(=O)C1CSCC(=O)N1. The molecule has 1 unspecified atom stereocenters. The predicted molar refractivity (Wildman–Crippen MR) is 41.3 cm³/mol. The Hall–Kier alpha value is -0.710. The Morgan fingerprint density at radius 2 is 2.55 bits per heavy atom. The van der Waals surface area contributed by atoms with Crippen molar-refractivity contribution in [1.29, 1.82) is 0 Å². The summed E-state index contributed by atoms with van der Waals surface area (Å²) in [6.07, 6.45) is 0. The third kappa shape index (κ3) is 2.11. The number of esters is 1. The lowest BCUT2D eigenvalue weighted by atomic mass is 10.3. The molecule has 0 radical (unpaired) electrons. The summed E-state index contributed by atoms with van der Waals surface area (Å²) in [5.41, 5.74) is 0. The Labute approximate surface area is 68.7 Å². The van der Waals surface area contributed by atoms with Crippen molar-refractivity contribution >= 4 is 23.6 Å². The highest BCUT2D eigenvalue weighted by atomic mass is 32.2. The molecule has 0 bridgehead atoms. The zero-order valence-corrected chi connectivity index (χ0v) is 6.94. The van der Waals surface area contributed by atoms with Crippen LogP contribution in [0.1, 0.15) is 0 Å². The zero-order valence-electron chi connectivity index (χ0n) is 6.12. The summed E-state index contributed by atoms with van der Waals surface area (Å²) in [7, 11) is 1.31. The van der Waals surface area contributed by atoms with Crippen LogP contribution in [-0.4, -0.2) is 36.5 Å². The Balaban J connectivity index is 2.45. The Kier molecular flexibility index (Phi) is 2.76. The number of carbonyl (C=O) groups excluding carboxylic acids is 2. The maximum atomic E-state index is 10.9. The average Bonchev–Trinajstić information content (AvgIpc) is 2.03. The first kappa shape index (κ1) is 8.39. The molecule has 1 N–H and O–H groups in total. The van der Waals surface area contributed by atoms with E-state index in [1.165, 1.54) is 18.9 Å². The number of carbonyl (C=O) groups is 2. The molecule has 1 aliphatic heterocycles. The van der Waals surface area contributed by atoms with E-state index < -0.39 is 6.04 Å². The molecule has 1 amide bonds. The van der Waals surface area contributed by atoms with Gasteiger partial charge in [0.15, 0.2) is 0 Å². The van der Waals surface area contributed by atoms with Crippen LogP contribution in [-0.2, 0) is 14.3 Å². The first-order valence-electron chi connectivity index (χ1n) is 3.19. The van der Waals surface area contributed by atoms with Crippen LogP contribution in [0.4, 0.5) is 0 Å². The van der Waals surface area contributed by atoms with E-state index in [4.69, 9.17) is 0 Å². The average molecular weight is 175 g/mol. The second-order valence-electron chi connectivity index (χ2n) is 2.16. The van der Waals surface area contributed by atoms with Gasteiger partial charge in [0.1, 0.15) is 6.04 Å². The second-order valence-corrected chi connectivity index (χ2v) is 3.19. The molecule has 0 aromatic heterocycles. The first-order chi connectivity index (χ1) is 5.24. The van der Waals surface area contributed by atoms with Crippen molar-refractivity contribution in [3.63, 3.8) is 0 Å². The number of hydrogen-bond acceptors (Lipinski definition) is 4. The Morgan fingerprint density at radius 3 is 3.09 bits per heavy atom. The van der Waals surface area contributed by atoms with E-state index in [1.807, 2.05) is 0 Å². The summed E-state index contributed by atoms with van der Waals surface area (Å²) >= 11 is 1.44. The fraction of sp³-hybridized carbons (Fsp3) is 0.667. The highest BCUT2D eigenvalue weighted by Gasteiger charge is 2.25. The molecule has 4 nitrogen and oxygen atoms in total. The van der Waals surface area contributed by atoms with Gasteiger partial charge in [0.05, 0.1) is 12.9 Å². The minimum atomic E-state index is -0.453. The molecule has 0 spiro atoms. The molecule has 1 rings (SSSR count). The van der Waals surface area contributed by atoms with Crippen LogP contribution in [0.5, 0.6) is 0 Å². The number of rotatable bonds is 1. The molecule has 1 heterocycles. The van der Waals surface area contributed by atoms with Gasteiger partial charge in [0.25, 0.3) is 0 Å². The van der Waals surface area contributed by atoms with Gasteiger partial charge in [0.2, 0.25) is 5.91 Å². The highest BCUT2D eigenvalue weighted by Crippen LogP contribution is 2.09. The van der Waals surface area contributed by atoms with Crippen LogP contribution in [0.2, 0.25) is 0 Å². The van der Waals surface area contributed by atoms with Gasteiger partial charge in [-0.15, -0.1) is 11.8 Å². The first-order valence-corrected chi connectivity index (χ1v) is 4.34. The smallest absolute Gasteiger partial charge is 0.329 e. The van der Waals surface area contributed by atoms with Crippen molar-refractivity contribution in [3.05, 3.63) is 0 Å². The van der Waals surface area contributed by atoms with Gasteiger partial charge in [-0.3, -0.25) is 4.79 Å². The van der Waals surface area contributed by atoms with Crippen molar-refractivity contribution < 1.29 is 14.3 Å². The van der Waals surface area contributed by atoms with E-state index in [9.17, 15) is 9.59 Å². The summed E-state index contributed by atoms with van der Waals surface area (Å²) in [5, 5.41) is 2.53. The number of methoxy groups -OCH3 is 1. The molecule has 1 aliphatic rings. The predicted octanol–water partition coefficient (Wildman–Crippen LogP) is -0.609. The van der Waals surface area contributed by atoms with Gasteiger partial charge >= 0.3 is 5.97 Å². The number of ether oxygens (including phenoxy) is 1. The van der Waals surface area contributed by atoms with Crippen LogP contribution in [0.15, 0.2) is 0 Å². The van der Waals surface area contributed by atoms with E-state index in [0.717, 1.165) is 0 Å². The summed E-state index contributed by atoms with van der Waals surface area (Å²) in [6, 6.07) is -0.453. The molecule has 0 aromatic carbocycles. The van der Waals surface area contributed by atoms with Crippen molar-refractivity contribution in [1.82, 2.24) is 5.32 Å². The van der Waals surface area contributed by atoms with Crippen LogP contribution in [0.3, 0.4) is 0 Å². The molecular weight excluding hydrogens is 166 g/mol. The lowest BCUT2D eigenvalue weighted by Crippen LogP contribution is -2.47. The molecule has 11 heavy (non-hydrogen) atoms. The van der Waals surface area contributed by atoms with Gasteiger partial charge in [0, 0.05) is 5.75 Å². The summed E-state index contributed by atoms with van der Waals surface area (Å²) in [4.78, 5) is 21.6. The van der Waals surface area contributed by atoms with E-state index >= 15 is 0 Å². The molecule has 5 heteroatoms. The van der Waals surface area contributed by atoms with Crippen molar-refractivity contribution in [3.8, 4) is 0 Å². The minimum Gasteiger partial charge on any atom is -0.467 e. The molecule has 62 valence electrons. The summed E-state index contributed by atoms with van der Waals surface area (Å²) < 4.78 is 4.47. The van der Waals surface area contributed by atoms with E-state index in [0.29, 0.717) is 11.5 Å². The Morgan fingerprint density at radius 1 is 1.82 bits per heavy atom. The molecule has 0 saturated carbocycles. The van der Waals surface area contributed by atoms with Crippen LogP contribution >= 0.6 is 11.8 Å². The molecule has 0 aliphatic carbocycles. The van der Waals surface area contributed by atoms with Crippen LogP contribution in [0.25, 0.3) is 0 Å². The topological polar surface area (TPSA) is 55.4 Å². The zero-order chi connectivity index (χ0) is 8.27. The highest BCUT2D eigenvalue weighted by molar-refractivity contribution is 8.00. The van der Waals surface area contributed by atoms with Crippen molar-refractivity contribution in [2.24, 2.45) is 0 Å². The number of nitrogens with one attached hydrogen (secondary N) is 1. The standard InChI is InChI=1S/C6H9NO3S/c1-10-6(9)4-2-11-3-5(8)7-4/h4H,2-3H2,1H3,(H,7,8). The molecule has 1 atom stereocenters. The van der Waals surface area contributed by atoms with Crippen molar-refractivity contribution in [2.45, 2.75) is 6.04 Å². The maximum Gasteiger partial charge on any atom is 0.329 e. The third-order valence-electron chi connectivity index (χ3n) is 1.34. The fourth-order valence-electron chi connectivity index (χ4n) is 0.816. The lowest BCUT2D eigenvalue weighted by molar-refractivity contribution is -0.144. The van der Waals surface area contributed by atoms with E-state index in [1.54, 1.807) is 0 Å². The van der Waals surface area contributed by atoms with Gasteiger partial charge in [-0.1, -0.05) is 0 Å². The summed E-state index contributed by atoms with van der Waals surface area (Å²) in [5.74, 6) is 0.577. The number of amides is 1. The monoisotopic (exact) mass is 175 g/mol. The lowest BCUT2D eigenvalue weighted by Gasteiger charge is -2.19.